The molecule has 1 unspecified atom stereocenters. The zero-order valence-electron chi connectivity index (χ0n) is 17.5. The molecular formula is C22H21ClN4O3S. The third kappa shape index (κ3) is 4.06. The smallest absolute Gasteiger partial charge is 0.196 e. The van der Waals surface area contributed by atoms with E-state index in [9.17, 15) is 4.79 Å². The number of hydrogen-bond donors (Lipinski definition) is 1. The molecule has 7 nitrogen and oxygen atoms in total. The maximum atomic E-state index is 13.2. The molecule has 4 rings (SSSR count). The number of pyridine rings is 1. The van der Waals surface area contributed by atoms with Gasteiger partial charge in [-0.2, -0.15) is 5.10 Å². The van der Waals surface area contributed by atoms with Gasteiger partial charge in [-0.05, 0) is 62.5 Å². The van der Waals surface area contributed by atoms with Crippen LogP contribution < -0.4 is 15.3 Å². The molecule has 0 spiro atoms. The van der Waals surface area contributed by atoms with E-state index >= 15 is 0 Å². The van der Waals surface area contributed by atoms with Crippen molar-refractivity contribution in [2.45, 2.75) is 31.9 Å². The molecule has 4 aromatic rings. The molecule has 0 saturated carbocycles. The molecule has 0 aliphatic heterocycles. The summed E-state index contributed by atoms with van der Waals surface area (Å²) in [5, 5.41) is 11.2. The van der Waals surface area contributed by atoms with Crippen molar-refractivity contribution in [1.82, 2.24) is 14.8 Å². The molecule has 0 bridgehead atoms. The SMILES string of the molecule is Cc1cc(C(C)Oc2ccc(Cl)nc2SN)c2oc(-c3cnn(C)c3)c(C)c(=O)c2c1. The molecule has 0 amide bonds. The van der Waals surface area contributed by atoms with Crippen molar-refractivity contribution in [3.05, 3.63) is 68.7 Å². The summed E-state index contributed by atoms with van der Waals surface area (Å²) in [6.45, 7) is 5.58. The lowest BCUT2D eigenvalue weighted by Gasteiger charge is -2.19. The van der Waals surface area contributed by atoms with Crippen LogP contribution in [0.25, 0.3) is 22.3 Å². The van der Waals surface area contributed by atoms with Gasteiger partial charge in [0.05, 0.1) is 17.1 Å². The number of ether oxygens (including phenoxy) is 1. The molecule has 3 heterocycles. The standard InChI is InChI=1S/C22H21ClN4O3S/c1-11-7-15(13(3)29-17-5-6-18(23)26-22(17)31-24)21-16(8-11)19(28)12(2)20(30-21)14-9-25-27(4)10-14/h5-10,13H,24H2,1-4H3. The Balaban J connectivity index is 1.87. The number of nitrogens with zero attached hydrogens (tertiary/aromatic N) is 3. The van der Waals surface area contributed by atoms with Crippen molar-refractivity contribution < 1.29 is 9.15 Å². The van der Waals surface area contributed by atoms with Gasteiger partial charge in [0.25, 0.3) is 0 Å². The van der Waals surface area contributed by atoms with Crippen LogP contribution in [0.4, 0.5) is 0 Å². The van der Waals surface area contributed by atoms with Gasteiger partial charge in [0.1, 0.15) is 22.6 Å². The Morgan fingerprint density at radius 2 is 2.06 bits per heavy atom. The summed E-state index contributed by atoms with van der Waals surface area (Å²) < 4.78 is 14.1. The van der Waals surface area contributed by atoms with Crippen LogP contribution in [0.5, 0.6) is 5.75 Å². The lowest BCUT2D eigenvalue weighted by Crippen LogP contribution is -2.11. The molecule has 0 fully saturated rings. The molecule has 2 N–H and O–H groups in total. The number of benzene rings is 1. The molecule has 31 heavy (non-hydrogen) atoms. The van der Waals surface area contributed by atoms with Crippen molar-refractivity contribution in [3.63, 3.8) is 0 Å². The first-order valence-electron chi connectivity index (χ1n) is 9.55. The first-order chi connectivity index (χ1) is 14.8. The summed E-state index contributed by atoms with van der Waals surface area (Å²) in [6.07, 6.45) is 3.05. The maximum Gasteiger partial charge on any atom is 0.196 e. The number of halogens is 1. The Hall–Kier alpha value is -2.81. The fraction of sp³-hybridized carbons (Fsp3) is 0.227. The minimum Gasteiger partial charge on any atom is -0.483 e. The average molecular weight is 457 g/mol. The van der Waals surface area contributed by atoms with Crippen LogP contribution in [0.3, 0.4) is 0 Å². The third-order valence-corrected chi connectivity index (χ3v) is 5.73. The highest BCUT2D eigenvalue weighted by molar-refractivity contribution is 7.97. The monoisotopic (exact) mass is 456 g/mol. The van der Waals surface area contributed by atoms with Crippen LogP contribution in [-0.4, -0.2) is 14.8 Å². The second-order valence-corrected chi connectivity index (χ2v) is 8.34. The summed E-state index contributed by atoms with van der Waals surface area (Å²) in [7, 11) is 1.82. The summed E-state index contributed by atoms with van der Waals surface area (Å²) in [5.41, 5.74) is 3.36. The lowest BCUT2D eigenvalue weighted by molar-refractivity contribution is 0.219. The predicted molar refractivity (Wildman–Crippen MR) is 122 cm³/mol. The molecule has 3 aromatic heterocycles. The van der Waals surface area contributed by atoms with Crippen molar-refractivity contribution in [2.24, 2.45) is 12.2 Å². The topological polar surface area (TPSA) is 96.2 Å². The number of aromatic nitrogens is 3. The van der Waals surface area contributed by atoms with E-state index in [4.69, 9.17) is 25.9 Å². The van der Waals surface area contributed by atoms with Gasteiger partial charge in [0.15, 0.2) is 16.2 Å². The molecule has 160 valence electrons. The summed E-state index contributed by atoms with van der Waals surface area (Å²) >= 11 is 6.92. The number of aryl methyl sites for hydroxylation is 2. The van der Waals surface area contributed by atoms with Crippen LogP contribution >= 0.6 is 23.5 Å². The van der Waals surface area contributed by atoms with Gasteiger partial charge in [0.2, 0.25) is 0 Å². The minimum absolute atomic E-state index is 0.0800. The van der Waals surface area contributed by atoms with Crippen LogP contribution in [0.15, 0.2) is 50.9 Å². The number of rotatable bonds is 5. The summed E-state index contributed by atoms with van der Waals surface area (Å²) in [5.74, 6) is 0.996. The molecule has 1 atom stereocenters. The van der Waals surface area contributed by atoms with Gasteiger partial charge >= 0.3 is 0 Å². The Morgan fingerprint density at radius 1 is 1.29 bits per heavy atom. The number of hydrogen-bond acceptors (Lipinski definition) is 7. The average Bonchev–Trinajstić information content (AvgIpc) is 3.17. The molecular weight excluding hydrogens is 436 g/mol. The highest BCUT2D eigenvalue weighted by Crippen LogP contribution is 2.34. The van der Waals surface area contributed by atoms with E-state index < -0.39 is 6.10 Å². The molecule has 1 aromatic carbocycles. The first kappa shape index (κ1) is 21.4. The highest BCUT2D eigenvalue weighted by atomic mass is 35.5. The highest BCUT2D eigenvalue weighted by Gasteiger charge is 2.21. The van der Waals surface area contributed by atoms with Crippen molar-refractivity contribution in [2.75, 3.05) is 0 Å². The van der Waals surface area contributed by atoms with Gasteiger partial charge in [-0.25, -0.2) is 4.98 Å². The fourth-order valence-electron chi connectivity index (χ4n) is 3.52. The van der Waals surface area contributed by atoms with Crippen molar-refractivity contribution in [1.29, 1.82) is 0 Å². The van der Waals surface area contributed by atoms with E-state index in [1.807, 2.05) is 39.2 Å². The van der Waals surface area contributed by atoms with E-state index in [-0.39, 0.29) is 5.43 Å². The molecule has 0 radical (unpaired) electrons. The second-order valence-electron chi connectivity index (χ2n) is 7.33. The van der Waals surface area contributed by atoms with Gasteiger partial charge in [-0.1, -0.05) is 11.6 Å². The quantitative estimate of drug-likeness (QED) is 0.334. The Labute approximate surface area is 188 Å². The van der Waals surface area contributed by atoms with E-state index in [2.05, 4.69) is 10.1 Å². The fourth-order valence-corrected chi connectivity index (χ4v) is 4.10. The largest absolute Gasteiger partial charge is 0.483 e. The van der Waals surface area contributed by atoms with E-state index in [0.717, 1.165) is 28.6 Å². The summed E-state index contributed by atoms with van der Waals surface area (Å²) in [6, 6.07) is 7.15. The van der Waals surface area contributed by atoms with Gasteiger partial charge in [0, 0.05) is 24.4 Å². The molecule has 0 aliphatic carbocycles. The maximum absolute atomic E-state index is 13.2. The molecule has 0 aliphatic rings. The van der Waals surface area contributed by atoms with Crippen LogP contribution in [0, 0.1) is 13.8 Å². The molecule has 9 heteroatoms. The van der Waals surface area contributed by atoms with E-state index in [1.165, 1.54) is 0 Å². The van der Waals surface area contributed by atoms with Crippen LogP contribution in [0.2, 0.25) is 5.15 Å². The number of fused-ring (bicyclic) bond motifs is 1. The zero-order valence-corrected chi connectivity index (χ0v) is 19.0. The van der Waals surface area contributed by atoms with Gasteiger partial charge < -0.3 is 9.15 Å². The Bertz CT molecular complexity index is 1350. The van der Waals surface area contributed by atoms with Crippen LogP contribution in [0.1, 0.15) is 29.7 Å². The Kier molecular flexibility index (Phi) is 5.79. The third-order valence-electron chi connectivity index (χ3n) is 5.00. The zero-order chi connectivity index (χ0) is 22.3. The first-order valence-corrected chi connectivity index (χ1v) is 10.8. The van der Waals surface area contributed by atoms with Crippen molar-refractivity contribution in [3.8, 4) is 17.1 Å². The lowest BCUT2D eigenvalue weighted by atomic mass is 10.0. The van der Waals surface area contributed by atoms with E-state index in [0.29, 0.717) is 38.2 Å². The van der Waals surface area contributed by atoms with Gasteiger partial charge in [-0.3, -0.25) is 14.6 Å². The normalized spacial score (nSPS) is 12.3. The van der Waals surface area contributed by atoms with Crippen molar-refractivity contribution >= 4 is 34.5 Å². The minimum atomic E-state index is -0.441. The van der Waals surface area contributed by atoms with Crippen LogP contribution in [-0.2, 0) is 7.05 Å². The second kappa shape index (κ2) is 8.37. The molecule has 0 saturated heterocycles. The predicted octanol–water partition coefficient (Wildman–Crippen LogP) is 4.96. The Morgan fingerprint density at radius 3 is 2.74 bits per heavy atom. The summed E-state index contributed by atoms with van der Waals surface area (Å²) in [4.78, 5) is 17.4. The number of nitrogens with two attached hydrogens (primary N) is 1. The van der Waals surface area contributed by atoms with Gasteiger partial charge in [-0.15, -0.1) is 0 Å². The van der Waals surface area contributed by atoms with E-state index in [1.54, 1.807) is 29.9 Å².